The van der Waals surface area contributed by atoms with Crippen LogP contribution in [0.3, 0.4) is 0 Å². The summed E-state index contributed by atoms with van der Waals surface area (Å²) in [5, 5.41) is 0. The molecule has 0 saturated heterocycles. The number of fused-ring (bicyclic) bond motifs is 1. The molecular weight excluding hydrogens is 272 g/mol. The van der Waals surface area contributed by atoms with Crippen LogP contribution in [0.2, 0.25) is 0 Å². The Kier molecular flexibility index (Phi) is 2.96. The Labute approximate surface area is 101 Å². The van der Waals surface area contributed by atoms with Gasteiger partial charge in [-0.3, -0.25) is 0 Å². The number of aryl methyl sites for hydroxylation is 1. The SMILES string of the molecule is CCOC(=O)c1nc2cccc(Br)c2n1C. The number of hydrogen-bond acceptors (Lipinski definition) is 3. The van der Waals surface area contributed by atoms with Crippen LogP contribution in [0.4, 0.5) is 0 Å². The molecule has 1 aromatic heterocycles. The number of rotatable bonds is 2. The van der Waals surface area contributed by atoms with Gasteiger partial charge in [0.1, 0.15) is 0 Å². The molecule has 4 nitrogen and oxygen atoms in total. The summed E-state index contributed by atoms with van der Waals surface area (Å²) < 4.78 is 7.59. The lowest BCUT2D eigenvalue weighted by Crippen LogP contribution is -2.11. The number of imidazole rings is 1. The fourth-order valence-corrected chi connectivity index (χ4v) is 2.22. The van der Waals surface area contributed by atoms with Crippen LogP contribution in [0.25, 0.3) is 11.0 Å². The Morgan fingerprint density at radius 1 is 1.56 bits per heavy atom. The monoisotopic (exact) mass is 282 g/mol. The van der Waals surface area contributed by atoms with Crippen molar-refractivity contribution in [2.75, 3.05) is 6.61 Å². The Hall–Kier alpha value is -1.36. The molecule has 0 aliphatic rings. The minimum Gasteiger partial charge on any atom is -0.460 e. The normalized spacial score (nSPS) is 10.7. The lowest BCUT2D eigenvalue weighted by atomic mass is 10.3. The lowest BCUT2D eigenvalue weighted by Gasteiger charge is -2.02. The molecule has 2 rings (SSSR count). The highest BCUT2D eigenvalue weighted by molar-refractivity contribution is 9.10. The molecule has 0 amide bonds. The quantitative estimate of drug-likeness (QED) is 0.795. The first-order valence-corrected chi connectivity index (χ1v) is 5.72. The number of halogens is 1. The first-order chi connectivity index (χ1) is 7.65. The van der Waals surface area contributed by atoms with Crippen molar-refractivity contribution in [3.05, 3.63) is 28.5 Å². The first kappa shape index (κ1) is 11.1. The molecule has 0 aliphatic carbocycles. The summed E-state index contributed by atoms with van der Waals surface area (Å²) in [6, 6.07) is 5.66. The van der Waals surface area contributed by atoms with E-state index in [4.69, 9.17) is 4.74 Å². The van der Waals surface area contributed by atoms with Crippen molar-refractivity contribution in [3.8, 4) is 0 Å². The molecular formula is C11H11BrN2O2. The second-order valence-electron chi connectivity index (χ2n) is 3.32. The van der Waals surface area contributed by atoms with Crippen LogP contribution in [0, 0.1) is 0 Å². The number of carbonyl (C=O) groups excluding carboxylic acids is 1. The predicted molar refractivity (Wildman–Crippen MR) is 64.4 cm³/mol. The van der Waals surface area contributed by atoms with Gasteiger partial charge in [0.2, 0.25) is 5.82 Å². The molecule has 0 saturated carbocycles. The molecule has 1 aromatic carbocycles. The van der Waals surface area contributed by atoms with E-state index in [1.165, 1.54) is 0 Å². The van der Waals surface area contributed by atoms with Gasteiger partial charge < -0.3 is 9.30 Å². The Bertz CT molecular complexity index is 548. The standard InChI is InChI=1S/C11H11BrN2O2/c1-3-16-11(15)10-13-8-6-4-5-7(12)9(8)14(10)2/h4-6H,3H2,1-2H3. The van der Waals surface area contributed by atoms with Crippen LogP contribution in [0.5, 0.6) is 0 Å². The molecule has 16 heavy (non-hydrogen) atoms. The molecule has 0 bridgehead atoms. The van der Waals surface area contributed by atoms with Gasteiger partial charge in [-0.2, -0.15) is 0 Å². The topological polar surface area (TPSA) is 44.1 Å². The van der Waals surface area contributed by atoms with Crippen molar-refractivity contribution < 1.29 is 9.53 Å². The second kappa shape index (κ2) is 4.25. The van der Waals surface area contributed by atoms with Gasteiger partial charge in [0.15, 0.2) is 0 Å². The summed E-state index contributed by atoms with van der Waals surface area (Å²) in [6.45, 7) is 2.12. The van der Waals surface area contributed by atoms with Crippen molar-refractivity contribution in [2.45, 2.75) is 6.92 Å². The highest BCUT2D eigenvalue weighted by Crippen LogP contribution is 2.24. The number of nitrogens with zero attached hydrogens (tertiary/aromatic N) is 2. The first-order valence-electron chi connectivity index (χ1n) is 4.93. The molecule has 0 aliphatic heterocycles. The lowest BCUT2D eigenvalue weighted by molar-refractivity contribution is 0.0508. The van der Waals surface area contributed by atoms with Crippen LogP contribution in [0.1, 0.15) is 17.5 Å². The van der Waals surface area contributed by atoms with E-state index in [0.29, 0.717) is 12.4 Å². The van der Waals surface area contributed by atoms with E-state index in [0.717, 1.165) is 15.5 Å². The van der Waals surface area contributed by atoms with E-state index >= 15 is 0 Å². The number of carbonyl (C=O) groups is 1. The van der Waals surface area contributed by atoms with E-state index in [9.17, 15) is 4.79 Å². The van der Waals surface area contributed by atoms with Gasteiger partial charge in [-0.25, -0.2) is 9.78 Å². The third-order valence-electron chi connectivity index (χ3n) is 2.30. The van der Waals surface area contributed by atoms with Crippen molar-refractivity contribution in [2.24, 2.45) is 7.05 Å². The Morgan fingerprint density at radius 3 is 2.94 bits per heavy atom. The van der Waals surface area contributed by atoms with Crippen LogP contribution in [-0.4, -0.2) is 22.1 Å². The van der Waals surface area contributed by atoms with Crippen molar-refractivity contribution in [1.82, 2.24) is 9.55 Å². The van der Waals surface area contributed by atoms with E-state index < -0.39 is 5.97 Å². The fraction of sp³-hybridized carbons (Fsp3) is 0.273. The molecule has 0 radical (unpaired) electrons. The average Bonchev–Trinajstić information content (AvgIpc) is 2.58. The third-order valence-corrected chi connectivity index (χ3v) is 2.94. The van der Waals surface area contributed by atoms with Crippen molar-refractivity contribution in [1.29, 1.82) is 0 Å². The highest BCUT2D eigenvalue weighted by Gasteiger charge is 2.17. The summed E-state index contributed by atoms with van der Waals surface area (Å²) in [7, 11) is 1.80. The highest BCUT2D eigenvalue weighted by atomic mass is 79.9. The summed E-state index contributed by atoms with van der Waals surface area (Å²) in [6.07, 6.45) is 0. The van der Waals surface area contributed by atoms with Gasteiger partial charge in [-0.1, -0.05) is 6.07 Å². The Morgan fingerprint density at radius 2 is 2.31 bits per heavy atom. The summed E-state index contributed by atoms with van der Waals surface area (Å²) in [4.78, 5) is 15.9. The van der Waals surface area contributed by atoms with Gasteiger partial charge in [0.05, 0.1) is 17.6 Å². The maximum atomic E-state index is 11.6. The summed E-state index contributed by atoms with van der Waals surface area (Å²) in [5.41, 5.74) is 1.67. The fourth-order valence-electron chi connectivity index (χ4n) is 1.60. The van der Waals surface area contributed by atoms with Crippen LogP contribution in [-0.2, 0) is 11.8 Å². The molecule has 0 unspecified atom stereocenters. The molecule has 2 aromatic rings. The van der Waals surface area contributed by atoms with E-state index in [1.54, 1.807) is 18.5 Å². The molecule has 0 N–H and O–H groups in total. The maximum Gasteiger partial charge on any atom is 0.374 e. The second-order valence-corrected chi connectivity index (χ2v) is 4.18. The van der Waals surface area contributed by atoms with Crippen molar-refractivity contribution >= 4 is 32.9 Å². The van der Waals surface area contributed by atoms with Crippen LogP contribution < -0.4 is 0 Å². The minimum absolute atomic E-state index is 0.323. The maximum absolute atomic E-state index is 11.6. The molecule has 0 fully saturated rings. The number of hydrogen-bond donors (Lipinski definition) is 0. The largest absolute Gasteiger partial charge is 0.460 e. The molecule has 84 valence electrons. The van der Waals surface area contributed by atoms with Gasteiger partial charge in [0, 0.05) is 11.5 Å². The van der Waals surface area contributed by atoms with Crippen molar-refractivity contribution in [3.63, 3.8) is 0 Å². The minimum atomic E-state index is -0.395. The Balaban J connectivity index is 2.61. The van der Waals surface area contributed by atoms with Crippen LogP contribution >= 0.6 is 15.9 Å². The van der Waals surface area contributed by atoms with Gasteiger partial charge in [-0.05, 0) is 35.0 Å². The third kappa shape index (κ3) is 1.71. The zero-order valence-corrected chi connectivity index (χ0v) is 10.6. The summed E-state index contributed by atoms with van der Waals surface area (Å²) in [5.74, 6) is -0.0724. The van der Waals surface area contributed by atoms with E-state index in [1.807, 2.05) is 18.2 Å². The molecule has 5 heteroatoms. The molecule has 0 atom stereocenters. The number of aromatic nitrogens is 2. The average molecular weight is 283 g/mol. The number of benzene rings is 1. The smallest absolute Gasteiger partial charge is 0.374 e. The van der Waals surface area contributed by atoms with E-state index in [-0.39, 0.29) is 0 Å². The number of para-hydroxylation sites is 1. The summed E-state index contributed by atoms with van der Waals surface area (Å²) >= 11 is 3.44. The molecule has 1 heterocycles. The van der Waals surface area contributed by atoms with E-state index in [2.05, 4.69) is 20.9 Å². The number of esters is 1. The van der Waals surface area contributed by atoms with Gasteiger partial charge in [-0.15, -0.1) is 0 Å². The number of ether oxygens (including phenoxy) is 1. The van der Waals surface area contributed by atoms with Gasteiger partial charge in [0.25, 0.3) is 0 Å². The zero-order chi connectivity index (χ0) is 11.7. The molecule has 0 spiro atoms. The predicted octanol–water partition coefficient (Wildman–Crippen LogP) is 2.51. The van der Waals surface area contributed by atoms with Gasteiger partial charge >= 0.3 is 5.97 Å². The zero-order valence-electron chi connectivity index (χ0n) is 9.03. The van der Waals surface area contributed by atoms with Crippen LogP contribution in [0.15, 0.2) is 22.7 Å².